The van der Waals surface area contributed by atoms with Crippen LogP contribution in [-0.4, -0.2) is 21.4 Å². The number of nitrogens with zero attached hydrogens (tertiary/aromatic N) is 1. The highest BCUT2D eigenvalue weighted by Gasteiger charge is 2.22. The monoisotopic (exact) mass is 546 g/mol. The Morgan fingerprint density at radius 1 is 1.12 bits per heavy atom. The number of amides is 1. The fourth-order valence-electron chi connectivity index (χ4n) is 2.70. The summed E-state index contributed by atoms with van der Waals surface area (Å²) in [6.07, 6.45) is 1.35. The topological polar surface area (TPSA) is 105 Å². The smallest absolute Gasteiger partial charge is 0.339 e. The van der Waals surface area contributed by atoms with Crippen LogP contribution >= 0.6 is 27.5 Å². The van der Waals surface area contributed by atoms with Crippen molar-refractivity contribution in [2.45, 2.75) is 4.90 Å². The number of hydrogen-bond donors (Lipinski definition) is 1. The molecule has 0 saturated carbocycles. The molecular weight excluding hydrogens is 532 g/mol. The zero-order valence-corrected chi connectivity index (χ0v) is 20.2. The van der Waals surface area contributed by atoms with E-state index in [4.69, 9.17) is 20.5 Å². The summed E-state index contributed by atoms with van der Waals surface area (Å²) >= 11 is 9.09. The van der Waals surface area contributed by atoms with Crippen molar-refractivity contribution in [3.8, 4) is 17.6 Å². The first kappa shape index (κ1) is 24.3. The third-order valence-corrected chi connectivity index (χ3v) is 6.33. The lowest BCUT2D eigenvalue weighted by atomic mass is 10.1. The lowest BCUT2D eigenvalue weighted by Gasteiger charge is -2.13. The minimum atomic E-state index is -4.17. The molecule has 7 nitrogen and oxygen atoms in total. The normalized spacial score (nSPS) is 11.4. The van der Waals surface area contributed by atoms with E-state index in [2.05, 4.69) is 21.2 Å². The van der Waals surface area contributed by atoms with Gasteiger partial charge < -0.3 is 14.2 Å². The summed E-state index contributed by atoms with van der Waals surface area (Å²) in [7, 11) is -2.84. The zero-order valence-electron chi connectivity index (χ0n) is 17.1. The van der Waals surface area contributed by atoms with E-state index in [1.807, 2.05) is 6.07 Å². The number of methoxy groups -OCH3 is 1. The molecule has 0 saturated heterocycles. The summed E-state index contributed by atoms with van der Waals surface area (Å²) in [5.74, 6) is -0.602. The van der Waals surface area contributed by atoms with Crippen LogP contribution in [-0.2, 0) is 14.9 Å². The molecule has 3 aromatic rings. The Hall–Kier alpha value is -3.32. The second-order valence-corrected chi connectivity index (χ2v) is 9.35. The molecular formula is C23H16BrClN2O5S. The molecule has 0 aromatic heterocycles. The fraction of sp³-hybridized carbons (Fsp3) is 0.0435. The van der Waals surface area contributed by atoms with Gasteiger partial charge >= 0.3 is 10.1 Å². The van der Waals surface area contributed by atoms with Crippen LogP contribution < -0.4 is 14.2 Å². The molecule has 0 fully saturated rings. The van der Waals surface area contributed by atoms with Gasteiger partial charge in [-0.1, -0.05) is 29.8 Å². The minimum Gasteiger partial charge on any atom is -0.493 e. The van der Waals surface area contributed by atoms with Crippen LogP contribution in [0.15, 0.2) is 81.7 Å². The summed E-state index contributed by atoms with van der Waals surface area (Å²) < 4.78 is 36.1. The van der Waals surface area contributed by atoms with Crippen molar-refractivity contribution < 1.29 is 22.1 Å². The Balaban J connectivity index is 1.91. The average Bonchev–Trinajstić information content (AvgIpc) is 2.79. The Kier molecular flexibility index (Phi) is 7.76. The van der Waals surface area contributed by atoms with Crippen LogP contribution in [0, 0.1) is 11.3 Å². The molecule has 0 aliphatic heterocycles. The van der Waals surface area contributed by atoms with E-state index < -0.39 is 16.0 Å². The summed E-state index contributed by atoms with van der Waals surface area (Å²) in [4.78, 5) is 12.4. The number of carbonyl (C=O) groups excluding carboxylic acids is 1. The van der Waals surface area contributed by atoms with Gasteiger partial charge in [0.05, 0.1) is 11.6 Å². The fourth-order valence-corrected chi connectivity index (χ4v) is 4.43. The standard InChI is InChI=1S/C23H16BrClN2O5S/c1-31-21-13-15(11-16(14-26)23(28)27-18-5-3-2-4-6-18)12-20(24)22(21)32-33(29,30)19-9-7-17(25)8-10-19/h2-13H,1H3,(H,27,28)/b16-11+. The predicted molar refractivity (Wildman–Crippen MR) is 129 cm³/mol. The maximum atomic E-state index is 12.7. The SMILES string of the molecule is COc1cc(/C=C(\C#N)C(=O)Nc2ccccc2)cc(Br)c1OS(=O)(=O)c1ccc(Cl)cc1. The number of benzene rings is 3. The van der Waals surface area contributed by atoms with Crippen molar-refractivity contribution in [1.82, 2.24) is 0 Å². The number of nitrogens with one attached hydrogen (secondary N) is 1. The first-order chi connectivity index (χ1) is 15.7. The molecule has 0 atom stereocenters. The zero-order chi connectivity index (χ0) is 24.0. The molecule has 168 valence electrons. The molecule has 0 spiro atoms. The van der Waals surface area contributed by atoms with Crippen LogP contribution in [0.3, 0.4) is 0 Å². The van der Waals surface area contributed by atoms with Crippen molar-refractivity contribution in [2.24, 2.45) is 0 Å². The van der Waals surface area contributed by atoms with Gasteiger partial charge in [-0.25, -0.2) is 0 Å². The van der Waals surface area contributed by atoms with Gasteiger partial charge in [0.25, 0.3) is 5.91 Å². The maximum absolute atomic E-state index is 12.7. The van der Waals surface area contributed by atoms with Crippen molar-refractivity contribution in [3.63, 3.8) is 0 Å². The van der Waals surface area contributed by atoms with Gasteiger partial charge in [-0.05, 0) is 76.1 Å². The van der Waals surface area contributed by atoms with Gasteiger partial charge in [0, 0.05) is 10.7 Å². The van der Waals surface area contributed by atoms with Crippen molar-refractivity contribution >= 4 is 55.3 Å². The Labute approximate surface area is 204 Å². The van der Waals surface area contributed by atoms with Gasteiger partial charge in [-0.3, -0.25) is 4.79 Å². The van der Waals surface area contributed by atoms with Crippen LogP contribution in [0.5, 0.6) is 11.5 Å². The third-order valence-electron chi connectivity index (χ3n) is 4.25. The second-order valence-electron chi connectivity index (χ2n) is 6.52. The van der Waals surface area contributed by atoms with Gasteiger partial charge in [0.1, 0.15) is 16.5 Å². The van der Waals surface area contributed by atoms with Crippen LogP contribution in [0.1, 0.15) is 5.56 Å². The molecule has 3 rings (SSSR count). The van der Waals surface area contributed by atoms with Gasteiger partial charge in [0.2, 0.25) is 0 Å². The van der Waals surface area contributed by atoms with E-state index in [1.54, 1.807) is 30.3 Å². The largest absolute Gasteiger partial charge is 0.493 e. The summed E-state index contributed by atoms with van der Waals surface area (Å²) in [6, 6.07) is 19.0. The average molecular weight is 548 g/mol. The summed E-state index contributed by atoms with van der Waals surface area (Å²) in [5, 5.41) is 12.5. The first-order valence-corrected chi connectivity index (χ1v) is 11.9. The molecule has 10 heteroatoms. The Bertz CT molecular complexity index is 1350. The van der Waals surface area contributed by atoms with Gasteiger partial charge in [-0.15, -0.1) is 0 Å². The molecule has 0 bridgehead atoms. The van der Waals surface area contributed by atoms with Crippen LogP contribution in [0.2, 0.25) is 5.02 Å². The number of anilines is 1. The quantitative estimate of drug-likeness (QED) is 0.240. The van der Waals surface area contributed by atoms with E-state index in [0.717, 1.165) is 0 Å². The maximum Gasteiger partial charge on any atom is 0.339 e. The second kappa shape index (κ2) is 10.5. The Morgan fingerprint density at radius 2 is 1.79 bits per heavy atom. The predicted octanol–water partition coefficient (Wildman–Crippen LogP) is 5.42. The molecule has 0 radical (unpaired) electrons. The first-order valence-electron chi connectivity index (χ1n) is 9.29. The number of ether oxygens (including phenoxy) is 1. The van der Waals surface area contributed by atoms with Gasteiger partial charge in [-0.2, -0.15) is 13.7 Å². The Morgan fingerprint density at radius 3 is 2.39 bits per heavy atom. The molecule has 3 aromatic carbocycles. The number of carbonyl (C=O) groups is 1. The lowest BCUT2D eigenvalue weighted by molar-refractivity contribution is -0.112. The summed E-state index contributed by atoms with van der Waals surface area (Å²) in [6.45, 7) is 0. The third kappa shape index (κ3) is 6.14. The number of nitriles is 1. The number of hydrogen-bond acceptors (Lipinski definition) is 6. The highest BCUT2D eigenvalue weighted by Crippen LogP contribution is 2.39. The molecule has 0 aliphatic carbocycles. The molecule has 1 N–H and O–H groups in total. The number of halogens is 2. The highest BCUT2D eigenvalue weighted by molar-refractivity contribution is 9.10. The molecule has 0 heterocycles. The molecule has 0 aliphatic rings. The van der Waals surface area contributed by atoms with E-state index in [-0.39, 0.29) is 26.4 Å². The van der Waals surface area contributed by atoms with E-state index >= 15 is 0 Å². The highest BCUT2D eigenvalue weighted by atomic mass is 79.9. The van der Waals surface area contributed by atoms with Crippen molar-refractivity contribution in [3.05, 3.63) is 87.4 Å². The van der Waals surface area contributed by atoms with E-state index in [0.29, 0.717) is 16.3 Å². The minimum absolute atomic E-state index is 0.0777. The van der Waals surface area contributed by atoms with Crippen molar-refractivity contribution in [1.29, 1.82) is 5.26 Å². The van der Waals surface area contributed by atoms with E-state index in [1.165, 1.54) is 49.6 Å². The van der Waals surface area contributed by atoms with Crippen LogP contribution in [0.4, 0.5) is 5.69 Å². The summed E-state index contributed by atoms with van der Waals surface area (Å²) in [5.41, 5.74) is 0.795. The van der Waals surface area contributed by atoms with E-state index in [9.17, 15) is 18.5 Å². The number of rotatable bonds is 7. The lowest BCUT2D eigenvalue weighted by Crippen LogP contribution is -2.13. The molecule has 1 amide bonds. The molecule has 33 heavy (non-hydrogen) atoms. The van der Waals surface area contributed by atoms with Crippen molar-refractivity contribution in [2.75, 3.05) is 12.4 Å². The van der Waals surface area contributed by atoms with Gasteiger partial charge in [0.15, 0.2) is 11.5 Å². The molecule has 0 unspecified atom stereocenters. The number of para-hydroxylation sites is 1. The van der Waals surface area contributed by atoms with Crippen LogP contribution in [0.25, 0.3) is 6.08 Å².